The lowest BCUT2D eigenvalue weighted by Gasteiger charge is -2.31. The number of carbonyl (C=O) groups is 1. The molecule has 0 bridgehead atoms. The van der Waals surface area contributed by atoms with E-state index in [2.05, 4.69) is 20.3 Å². The summed E-state index contributed by atoms with van der Waals surface area (Å²) in [6.45, 7) is 0. The molecule has 2 aliphatic rings. The monoisotopic (exact) mass is 354 g/mol. The lowest BCUT2D eigenvalue weighted by atomic mass is 9.82. The Labute approximate surface area is 151 Å². The van der Waals surface area contributed by atoms with Crippen molar-refractivity contribution in [3.05, 3.63) is 30.1 Å². The molecule has 7 heteroatoms. The van der Waals surface area contributed by atoms with Gasteiger partial charge in [0.05, 0.1) is 0 Å². The second-order valence-corrected chi connectivity index (χ2v) is 7.23. The zero-order chi connectivity index (χ0) is 18.1. The Kier molecular flexibility index (Phi) is 4.22. The summed E-state index contributed by atoms with van der Waals surface area (Å²) in [7, 11) is 0. The maximum Gasteiger partial charge on any atom is 0.274 e. The molecule has 0 aromatic carbocycles. The number of rotatable bonds is 4. The third kappa shape index (κ3) is 3.09. The highest BCUT2D eigenvalue weighted by molar-refractivity contribution is 5.96. The molecule has 0 atom stereocenters. The number of amides is 1. The third-order valence-corrected chi connectivity index (χ3v) is 5.51. The van der Waals surface area contributed by atoms with Gasteiger partial charge in [-0.05, 0) is 43.7 Å². The summed E-state index contributed by atoms with van der Waals surface area (Å²) in [6, 6.07) is 5.19. The molecule has 26 heavy (non-hydrogen) atoms. The third-order valence-electron chi connectivity index (χ3n) is 5.51. The van der Waals surface area contributed by atoms with Crippen molar-refractivity contribution in [3.63, 3.8) is 0 Å². The van der Waals surface area contributed by atoms with E-state index in [4.69, 9.17) is 0 Å². The average Bonchev–Trinajstić information content (AvgIpc) is 3.46. The van der Waals surface area contributed by atoms with Gasteiger partial charge in [0.2, 0.25) is 5.75 Å². The van der Waals surface area contributed by atoms with Gasteiger partial charge in [0.15, 0.2) is 11.5 Å². The van der Waals surface area contributed by atoms with Crippen LogP contribution < -0.4 is 5.32 Å². The van der Waals surface area contributed by atoms with Crippen molar-refractivity contribution in [1.82, 2.24) is 20.3 Å². The molecule has 0 saturated heterocycles. The molecular weight excluding hydrogens is 332 g/mol. The van der Waals surface area contributed by atoms with Crippen LogP contribution in [0.1, 0.15) is 55.4 Å². The first-order chi connectivity index (χ1) is 12.6. The summed E-state index contributed by atoms with van der Waals surface area (Å²) in [5.74, 6) is -1.10. The van der Waals surface area contributed by atoms with Crippen LogP contribution in [0.4, 0.5) is 0 Å². The lowest BCUT2D eigenvalue weighted by Crippen LogP contribution is -2.43. The summed E-state index contributed by atoms with van der Waals surface area (Å²) in [4.78, 5) is 24.9. The van der Waals surface area contributed by atoms with Crippen LogP contribution in [-0.2, 0) is 0 Å². The maximum atomic E-state index is 12.8. The number of aromatic nitrogens is 3. The smallest absolute Gasteiger partial charge is 0.274 e. The first kappa shape index (κ1) is 16.8. The predicted octanol–water partition coefficient (Wildman–Crippen LogP) is 2.79. The van der Waals surface area contributed by atoms with Crippen LogP contribution in [0.3, 0.4) is 0 Å². The van der Waals surface area contributed by atoms with Crippen molar-refractivity contribution < 1.29 is 15.0 Å². The molecule has 0 spiro atoms. The van der Waals surface area contributed by atoms with Crippen LogP contribution in [0.2, 0.25) is 0 Å². The van der Waals surface area contributed by atoms with Gasteiger partial charge in [0, 0.05) is 11.7 Å². The molecule has 2 aromatic heterocycles. The Bertz CT molecular complexity index is 815. The van der Waals surface area contributed by atoms with Crippen LogP contribution in [-0.4, -0.2) is 36.6 Å². The molecule has 0 unspecified atom stereocenters. The Morgan fingerprint density at radius 3 is 2.54 bits per heavy atom. The van der Waals surface area contributed by atoms with E-state index in [1.807, 2.05) is 0 Å². The number of aromatic hydroxyl groups is 2. The summed E-state index contributed by atoms with van der Waals surface area (Å²) >= 11 is 0. The number of hydrogen-bond donors (Lipinski definition) is 3. The van der Waals surface area contributed by atoms with Crippen LogP contribution in [0.15, 0.2) is 24.4 Å². The summed E-state index contributed by atoms with van der Waals surface area (Å²) in [6.07, 6.45) is 9.39. The molecule has 7 nitrogen and oxygen atoms in total. The van der Waals surface area contributed by atoms with Gasteiger partial charge in [0.1, 0.15) is 5.69 Å². The molecule has 2 fully saturated rings. The Balaban J connectivity index is 1.60. The molecule has 0 radical (unpaired) electrons. The molecule has 2 aromatic rings. The molecule has 2 aliphatic carbocycles. The van der Waals surface area contributed by atoms with Gasteiger partial charge < -0.3 is 15.5 Å². The minimum absolute atomic E-state index is 0.105. The van der Waals surface area contributed by atoms with E-state index in [9.17, 15) is 15.0 Å². The molecule has 3 N–H and O–H groups in total. The SMILES string of the molecule is O=C(NC1(C2CCCCC2)CC1)c1nc(-c2ccccn2)nc(O)c1O. The lowest BCUT2D eigenvalue weighted by molar-refractivity contribution is 0.0893. The molecular formula is C19H22N4O3. The van der Waals surface area contributed by atoms with Crippen LogP contribution in [0.25, 0.3) is 11.5 Å². The fourth-order valence-corrected chi connectivity index (χ4v) is 3.92. The molecule has 136 valence electrons. The van der Waals surface area contributed by atoms with Gasteiger partial charge >= 0.3 is 0 Å². The van der Waals surface area contributed by atoms with Crippen LogP contribution in [0, 0.1) is 5.92 Å². The molecule has 1 amide bonds. The molecule has 2 saturated carbocycles. The van der Waals surface area contributed by atoms with Crippen molar-refractivity contribution in [2.75, 3.05) is 0 Å². The highest BCUT2D eigenvalue weighted by Gasteiger charge is 2.50. The molecule has 2 heterocycles. The van der Waals surface area contributed by atoms with Gasteiger partial charge in [-0.2, -0.15) is 4.98 Å². The van der Waals surface area contributed by atoms with E-state index in [1.165, 1.54) is 19.3 Å². The van der Waals surface area contributed by atoms with E-state index in [0.717, 1.165) is 25.7 Å². The first-order valence-electron chi connectivity index (χ1n) is 9.13. The van der Waals surface area contributed by atoms with E-state index >= 15 is 0 Å². The van der Waals surface area contributed by atoms with Gasteiger partial charge in [-0.15, -0.1) is 0 Å². The average molecular weight is 354 g/mol. The van der Waals surface area contributed by atoms with Crippen LogP contribution in [0.5, 0.6) is 11.6 Å². The minimum atomic E-state index is -0.617. The highest BCUT2D eigenvalue weighted by atomic mass is 16.3. The molecule has 0 aliphatic heterocycles. The van der Waals surface area contributed by atoms with Crippen molar-refractivity contribution in [2.24, 2.45) is 5.92 Å². The highest BCUT2D eigenvalue weighted by Crippen LogP contribution is 2.48. The Hall–Kier alpha value is -2.70. The Morgan fingerprint density at radius 2 is 1.88 bits per heavy atom. The predicted molar refractivity (Wildman–Crippen MR) is 94.6 cm³/mol. The largest absolute Gasteiger partial charge is 0.501 e. The quantitative estimate of drug-likeness (QED) is 0.779. The van der Waals surface area contributed by atoms with E-state index in [0.29, 0.717) is 11.6 Å². The standard InChI is InChI=1S/C19H22N4O3/c24-15-14(21-16(22-18(15)26)13-8-4-5-11-20-13)17(25)23-19(9-10-19)12-6-2-1-3-7-12/h4-5,8,11-12,24H,1-3,6-7,9-10H2,(H,23,25)(H,21,22,26). The van der Waals surface area contributed by atoms with E-state index in [1.54, 1.807) is 24.4 Å². The minimum Gasteiger partial charge on any atom is -0.501 e. The van der Waals surface area contributed by atoms with E-state index in [-0.39, 0.29) is 17.1 Å². The first-order valence-corrected chi connectivity index (χ1v) is 9.13. The fraction of sp³-hybridized carbons (Fsp3) is 0.474. The van der Waals surface area contributed by atoms with Gasteiger partial charge in [0.25, 0.3) is 11.8 Å². The van der Waals surface area contributed by atoms with Gasteiger partial charge in [-0.1, -0.05) is 25.3 Å². The number of hydrogen-bond acceptors (Lipinski definition) is 6. The van der Waals surface area contributed by atoms with Gasteiger partial charge in [-0.3, -0.25) is 9.78 Å². The Morgan fingerprint density at radius 1 is 1.12 bits per heavy atom. The summed E-state index contributed by atoms with van der Waals surface area (Å²) in [5.41, 5.74) is 0.0286. The number of pyridine rings is 1. The van der Waals surface area contributed by atoms with Crippen molar-refractivity contribution in [1.29, 1.82) is 0 Å². The zero-order valence-corrected chi connectivity index (χ0v) is 14.5. The van der Waals surface area contributed by atoms with Crippen LogP contribution >= 0.6 is 0 Å². The second-order valence-electron chi connectivity index (χ2n) is 7.23. The number of carbonyl (C=O) groups excluding carboxylic acids is 1. The molecule has 4 rings (SSSR count). The van der Waals surface area contributed by atoms with Gasteiger partial charge in [-0.25, -0.2) is 4.98 Å². The summed E-state index contributed by atoms with van der Waals surface area (Å²) in [5, 5.41) is 23.1. The van der Waals surface area contributed by atoms with E-state index < -0.39 is 17.5 Å². The number of nitrogens with zero attached hydrogens (tertiary/aromatic N) is 3. The fourth-order valence-electron chi connectivity index (χ4n) is 3.92. The topological polar surface area (TPSA) is 108 Å². The number of nitrogens with one attached hydrogen (secondary N) is 1. The van der Waals surface area contributed by atoms with Crippen molar-refractivity contribution >= 4 is 5.91 Å². The second kappa shape index (κ2) is 6.55. The zero-order valence-electron chi connectivity index (χ0n) is 14.5. The normalized spacial score (nSPS) is 19.1. The van der Waals surface area contributed by atoms with Crippen molar-refractivity contribution in [3.8, 4) is 23.1 Å². The van der Waals surface area contributed by atoms with Crippen molar-refractivity contribution in [2.45, 2.75) is 50.5 Å². The maximum absolute atomic E-state index is 12.8. The summed E-state index contributed by atoms with van der Waals surface area (Å²) < 4.78 is 0.